The lowest BCUT2D eigenvalue weighted by atomic mass is 9.81. The molecule has 0 bridgehead atoms. The summed E-state index contributed by atoms with van der Waals surface area (Å²) in [5.74, 6) is 0. The molecule has 96 valence electrons. The third-order valence-electron chi connectivity index (χ3n) is 2.79. The van der Waals surface area contributed by atoms with Crippen molar-refractivity contribution in [3.63, 3.8) is 0 Å². The molecule has 1 aromatic carbocycles. The number of rotatable bonds is 4. The summed E-state index contributed by atoms with van der Waals surface area (Å²) in [6.45, 7) is 5.04. The monoisotopic (exact) mass is 313 g/mol. The molecule has 1 aromatic rings. The molecular formula is C12H15Cl4N. The summed E-state index contributed by atoms with van der Waals surface area (Å²) in [7, 11) is 1.91. The van der Waals surface area contributed by atoms with E-state index in [2.05, 4.69) is 19.2 Å². The second-order valence-electron chi connectivity index (χ2n) is 4.58. The van der Waals surface area contributed by atoms with Crippen molar-refractivity contribution in [3.05, 3.63) is 31.7 Å². The van der Waals surface area contributed by atoms with Crippen LogP contribution in [-0.4, -0.2) is 13.6 Å². The average molecular weight is 315 g/mol. The number of halogens is 4. The van der Waals surface area contributed by atoms with E-state index in [1.807, 2.05) is 7.05 Å². The van der Waals surface area contributed by atoms with Gasteiger partial charge in [-0.05, 0) is 37.1 Å². The van der Waals surface area contributed by atoms with Crippen LogP contribution in [0.5, 0.6) is 0 Å². The van der Waals surface area contributed by atoms with E-state index in [1.165, 1.54) is 0 Å². The molecule has 5 heteroatoms. The zero-order chi connectivity index (χ0) is 13.2. The summed E-state index contributed by atoms with van der Waals surface area (Å²) in [4.78, 5) is 0. The van der Waals surface area contributed by atoms with Gasteiger partial charge < -0.3 is 5.32 Å². The molecule has 0 aliphatic rings. The predicted octanol–water partition coefficient (Wildman–Crippen LogP) is 5.19. The first-order valence-corrected chi connectivity index (χ1v) is 6.80. The Kier molecular flexibility index (Phi) is 5.42. The summed E-state index contributed by atoms with van der Waals surface area (Å²) in [6.07, 6.45) is 0.904. The van der Waals surface area contributed by atoms with Crippen LogP contribution < -0.4 is 5.32 Å². The summed E-state index contributed by atoms with van der Waals surface area (Å²) in [5.41, 5.74) is 0.691. The van der Waals surface area contributed by atoms with Crippen LogP contribution >= 0.6 is 46.4 Å². The van der Waals surface area contributed by atoms with Crippen molar-refractivity contribution in [1.82, 2.24) is 5.32 Å². The van der Waals surface area contributed by atoms with Crippen LogP contribution in [0.4, 0.5) is 0 Å². The molecule has 0 aliphatic heterocycles. The predicted molar refractivity (Wildman–Crippen MR) is 78.1 cm³/mol. The van der Waals surface area contributed by atoms with Crippen molar-refractivity contribution in [3.8, 4) is 0 Å². The van der Waals surface area contributed by atoms with E-state index in [9.17, 15) is 0 Å². The van der Waals surface area contributed by atoms with E-state index < -0.39 is 0 Å². The van der Waals surface area contributed by atoms with Gasteiger partial charge in [-0.15, -0.1) is 0 Å². The summed E-state index contributed by atoms with van der Waals surface area (Å²) >= 11 is 24.5. The highest BCUT2D eigenvalue weighted by Gasteiger charge is 2.27. The Hall–Kier alpha value is 0.340. The topological polar surface area (TPSA) is 12.0 Å². The van der Waals surface area contributed by atoms with Crippen molar-refractivity contribution in [2.24, 2.45) is 0 Å². The minimum Gasteiger partial charge on any atom is -0.320 e. The Labute approximate surface area is 122 Å². The fraction of sp³-hybridized carbons (Fsp3) is 0.500. The maximum atomic E-state index is 6.25. The molecule has 0 aromatic heterocycles. The summed E-state index contributed by atoms with van der Waals surface area (Å²) in [5, 5.41) is 4.87. The highest BCUT2D eigenvalue weighted by molar-refractivity contribution is 6.49. The molecule has 0 saturated heterocycles. The molecule has 0 radical (unpaired) electrons. The van der Waals surface area contributed by atoms with Gasteiger partial charge in [0.1, 0.15) is 0 Å². The fourth-order valence-corrected chi connectivity index (χ4v) is 3.17. The molecule has 0 unspecified atom stereocenters. The lowest BCUT2D eigenvalue weighted by molar-refractivity contribution is 0.469. The molecule has 1 rings (SSSR count). The Morgan fingerprint density at radius 1 is 1.06 bits per heavy atom. The Morgan fingerprint density at radius 2 is 1.65 bits per heavy atom. The van der Waals surface area contributed by atoms with E-state index in [0.717, 1.165) is 18.5 Å². The second kappa shape index (κ2) is 5.99. The number of benzene rings is 1. The van der Waals surface area contributed by atoms with Crippen molar-refractivity contribution in [2.75, 3.05) is 13.6 Å². The van der Waals surface area contributed by atoms with Crippen LogP contribution in [0.25, 0.3) is 0 Å². The Balaban J connectivity index is 3.26. The first-order chi connectivity index (χ1) is 7.81. The molecular weight excluding hydrogens is 300 g/mol. The minimum atomic E-state index is -0.161. The molecule has 0 saturated carbocycles. The van der Waals surface area contributed by atoms with Gasteiger partial charge in [0.05, 0.1) is 15.1 Å². The van der Waals surface area contributed by atoms with E-state index in [0.29, 0.717) is 20.1 Å². The van der Waals surface area contributed by atoms with Gasteiger partial charge in [-0.3, -0.25) is 0 Å². The largest absolute Gasteiger partial charge is 0.320 e. The smallest absolute Gasteiger partial charge is 0.0782 e. The SMILES string of the molecule is CNCCC(C)(C)c1c(Cl)cc(Cl)c(Cl)c1Cl. The van der Waals surface area contributed by atoms with Crippen LogP contribution in [0.2, 0.25) is 20.1 Å². The number of nitrogens with one attached hydrogen (secondary N) is 1. The van der Waals surface area contributed by atoms with Gasteiger partial charge in [0.2, 0.25) is 0 Å². The molecule has 0 atom stereocenters. The van der Waals surface area contributed by atoms with Crippen molar-refractivity contribution in [2.45, 2.75) is 25.7 Å². The average Bonchev–Trinajstić information content (AvgIpc) is 2.23. The highest BCUT2D eigenvalue weighted by atomic mass is 35.5. The molecule has 17 heavy (non-hydrogen) atoms. The van der Waals surface area contributed by atoms with Crippen LogP contribution in [0.15, 0.2) is 6.07 Å². The van der Waals surface area contributed by atoms with Gasteiger partial charge in [0.25, 0.3) is 0 Å². The lowest BCUT2D eigenvalue weighted by Crippen LogP contribution is -2.24. The maximum Gasteiger partial charge on any atom is 0.0782 e. The van der Waals surface area contributed by atoms with Gasteiger partial charge in [0.15, 0.2) is 0 Å². The van der Waals surface area contributed by atoms with E-state index in [-0.39, 0.29) is 5.41 Å². The molecule has 0 spiro atoms. The quantitative estimate of drug-likeness (QED) is 0.596. The zero-order valence-electron chi connectivity index (χ0n) is 10.0. The number of hydrogen-bond acceptors (Lipinski definition) is 1. The second-order valence-corrected chi connectivity index (χ2v) is 6.15. The third-order valence-corrected chi connectivity index (χ3v) is 4.35. The van der Waals surface area contributed by atoms with Crippen molar-refractivity contribution in [1.29, 1.82) is 0 Å². The van der Waals surface area contributed by atoms with Crippen molar-refractivity contribution >= 4 is 46.4 Å². The summed E-state index contributed by atoms with van der Waals surface area (Å²) in [6, 6.07) is 1.65. The molecule has 0 fully saturated rings. The van der Waals surface area contributed by atoms with Gasteiger partial charge >= 0.3 is 0 Å². The van der Waals surface area contributed by atoms with Gasteiger partial charge in [-0.1, -0.05) is 60.3 Å². The Bertz CT molecular complexity index is 415. The third kappa shape index (κ3) is 3.42. The highest BCUT2D eigenvalue weighted by Crippen LogP contribution is 2.44. The lowest BCUT2D eigenvalue weighted by Gasteiger charge is -2.28. The van der Waals surface area contributed by atoms with Gasteiger partial charge in [0, 0.05) is 5.02 Å². The van der Waals surface area contributed by atoms with Crippen LogP contribution in [0.1, 0.15) is 25.8 Å². The molecule has 1 nitrogen and oxygen atoms in total. The molecule has 0 aliphatic carbocycles. The standard InChI is InChI=1S/C12H15Cl4N/c1-12(2,4-5-17-3)9-7(13)6-8(14)10(15)11(9)16/h6,17H,4-5H2,1-3H3. The number of hydrogen-bond donors (Lipinski definition) is 1. The van der Waals surface area contributed by atoms with E-state index in [1.54, 1.807) is 6.07 Å². The zero-order valence-corrected chi connectivity index (χ0v) is 13.0. The Morgan fingerprint density at radius 3 is 2.18 bits per heavy atom. The molecule has 0 amide bonds. The van der Waals surface area contributed by atoms with Gasteiger partial charge in [-0.25, -0.2) is 0 Å². The molecule has 0 heterocycles. The van der Waals surface area contributed by atoms with E-state index in [4.69, 9.17) is 46.4 Å². The minimum absolute atomic E-state index is 0.161. The fourth-order valence-electron chi connectivity index (χ4n) is 1.75. The first-order valence-electron chi connectivity index (χ1n) is 5.29. The van der Waals surface area contributed by atoms with E-state index >= 15 is 0 Å². The van der Waals surface area contributed by atoms with Gasteiger partial charge in [-0.2, -0.15) is 0 Å². The maximum absolute atomic E-state index is 6.25. The first kappa shape index (κ1) is 15.4. The summed E-state index contributed by atoms with van der Waals surface area (Å²) < 4.78 is 0. The van der Waals surface area contributed by atoms with Crippen LogP contribution in [0, 0.1) is 0 Å². The van der Waals surface area contributed by atoms with Crippen LogP contribution in [0.3, 0.4) is 0 Å². The normalized spacial score (nSPS) is 11.9. The molecule has 1 N–H and O–H groups in total. The van der Waals surface area contributed by atoms with Crippen molar-refractivity contribution < 1.29 is 0 Å². The van der Waals surface area contributed by atoms with Crippen LogP contribution in [-0.2, 0) is 5.41 Å².